The topological polar surface area (TPSA) is 75.1 Å². The molecule has 0 saturated heterocycles. The highest BCUT2D eigenvalue weighted by Crippen LogP contribution is 2.09. The van der Waals surface area contributed by atoms with Gasteiger partial charge in [0.25, 0.3) is 0 Å². The molecule has 1 aromatic heterocycles. The van der Waals surface area contributed by atoms with E-state index >= 15 is 0 Å². The molecule has 15 heavy (non-hydrogen) atoms. The van der Waals surface area contributed by atoms with Crippen molar-refractivity contribution in [2.24, 2.45) is 5.92 Å². The second kappa shape index (κ2) is 5.95. The van der Waals surface area contributed by atoms with E-state index in [0.717, 1.165) is 6.42 Å². The van der Waals surface area contributed by atoms with Gasteiger partial charge in [-0.25, -0.2) is 4.98 Å². The average molecular weight is 209 g/mol. The number of anilines is 1. The second-order valence-electron chi connectivity index (χ2n) is 3.34. The molecule has 0 aliphatic carbocycles. The minimum absolute atomic E-state index is 0.129. The second-order valence-corrected chi connectivity index (χ2v) is 3.34. The van der Waals surface area contributed by atoms with Crippen LogP contribution in [0.15, 0.2) is 18.6 Å². The van der Waals surface area contributed by atoms with E-state index in [4.69, 9.17) is 5.11 Å². The van der Waals surface area contributed by atoms with Gasteiger partial charge in [0.05, 0.1) is 6.20 Å². The van der Waals surface area contributed by atoms with Gasteiger partial charge in [-0.05, 0) is 5.92 Å². The van der Waals surface area contributed by atoms with Crippen LogP contribution >= 0.6 is 0 Å². The first-order chi connectivity index (χ1) is 7.22. The van der Waals surface area contributed by atoms with E-state index in [1.165, 1.54) is 0 Å². The Labute approximate surface area is 88.6 Å². The molecule has 0 saturated carbocycles. The van der Waals surface area contributed by atoms with Gasteiger partial charge in [0.15, 0.2) is 0 Å². The summed E-state index contributed by atoms with van der Waals surface area (Å²) in [7, 11) is 0. The van der Waals surface area contributed by atoms with Crippen LogP contribution in [-0.2, 0) is 4.79 Å². The van der Waals surface area contributed by atoms with Crippen molar-refractivity contribution in [1.82, 2.24) is 9.97 Å². The zero-order valence-corrected chi connectivity index (χ0v) is 8.68. The lowest BCUT2D eigenvalue weighted by molar-refractivity contribution is -0.138. The smallest absolute Gasteiger partial charge is 0.303 e. The van der Waals surface area contributed by atoms with Gasteiger partial charge in [0.1, 0.15) is 5.82 Å². The quantitative estimate of drug-likeness (QED) is 0.740. The zero-order valence-electron chi connectivity index (χ0n) is 8.68. The lowest BCUT2D eigenvalue weighted by Gasteiger charge is -2.13. The Morgan fingerprint density at radius 1 is 1.60 bits per heavy atom. The van der Waals surface area contributed by atoms with Crippen LogP contribution in [0.1, 0.15) is 19.8 Å². The monoisotopic (exact) mass is 209 g/mol. The normalized spacial score (nSPS) is 12.1. The van der Waals surface area contributed by atoms with Gasteiger partial charge in [-0.3, -0.25) is 9.78 Å². The van der Waals surface area contributed by atoms with Gasteiger partial charge in [-0.1, -0.05) is 13.3 Å². The lowest BCUT2D eigenvalue weighted by atomic mass is 10.0. The Kier molecular flexibility index (Phi) is 4.53. The molecule has 5 nitrogen and oxygen atoms in total. The van der Waals surface area contributed by atoms with Gasteiger partial charge < -0.3 is 10.4 Å². The van der Waals surface area contributed by atoms with Crippen LogP contribution in [0.4, 0.5) is 5.82 Å². The standard InChI is InChI=1S/C10H15N3O2/c1-2-8(5-10(14)15)6-13-9-7-11-3-4-12-9/h3-4,7-8H,2,5-6H2,1H3,(H,12,13)(H,14,15). The van der Waals surface area contributed by atoms with Gasteiger partial charge >= 0.3 is 5.97 Å². The van der Waals surface area contributed by atoms with Crippen LogP contribution in [0.3, 0.4) is 0 Å². The number of rotatable bonds is 6. The molecule has 5 heteroatoms. The number of hydrogen-bond acceptors (Lipinski definition) is 4. The molecule has 1 atom stereocenters. The highest BCUT2D eigenvalue weighted by molar-refractivity contribution is 5.67. The Morgan fingerprint density at radius 2 is 2.40 bits per heavy atom. The summed E-state index contributed by atoms with van der Waals surface area (Å²) >= 11 is 0. The van der Waals surface area contributed by atoms with Crippen LogP contribution in [0.5, 0.6) is 0 Å². The highest BCUT2D eigenvalue weighted by atomic mass is 16.4. The van der Waals surface area contributed by atoms with E-state index in [0.29, 0.717) is 12.4 Å². The molecule has 1 rings (SSSR count). The first kappa shape index (κ1) is 11.4. The Morgan fingerprint density at radius 3 is 2.93 bits per heavy atom. The fourth-order valence-corrected chi connectivity index (χ4v) is 1.25. The predicted octanol–water partition coefficient (Wildman–Crippen LogP) is 1.39. The van der Waals surface area contributed by atoms with Crippen molar-refractivity contribution >= 4 is 11.8 Å². The van der Waals surface area contributed by atoms with Crippen LogP contribution in [0, 0.1) is 5.92 Å². The summed E-state index contributed by atoms with van der Waals surface area (Å²) in [6.45, 7) is 2.59. The van der Waals surface area contributed by atoms with Crippen molar-refractivity contribution in [1.29, 1.82) is 0 Å². The van der Waals surface area contributed by atoms with Gasteiger partial charge in [0.2, 0.25) is 0 Å². The van der Waals surface area contributed by atoms with E-state index < -0.39 is 5.97 Å². The van der Waals surface area contributed by atoms with E-state index in [1.54, 1.807) is 18.6 Å². The molecule has 0 aliphatic rings. The molecule has 0 aliphatic heterocycles. The maximum atomic E-state index is 10.5. The van der Waals surface area contributed by atoms with Crippen molar-refractivity contribution in [2.45, 2.75) is 19.8 Å². The third-order valence-electron chi connectivity index (χ3n) is 2.18. The Balaban J connectivity index is 2.37. The maximum absolute atomic E-state index is 10.5. The molecule has 0 radical (unpaired) electrons. The Hall–Kier alpha value is -1.65. The van der Waals surface area contributed by atoms with Crippen LogP contribution in [0.2, 0.25) is 0 Å². The van der Waals surface area contributed by atoms with Gasteiger partial charge in [0, 0.05) is 25.4 Å². The maximum Gasteiger partial charge on any atom is 0.303 e. The van der Waals surface area contributed by atoms with Crippen molar-refractivity contribution in [3.05, 3.63) is 18.6 Å². The zero-order chi connectivity index (χ0) is 11.1. The van der Waals surface area contributed by atoms with E-state index in [-0.39, 0.29) is 12.3 Å². The van der Waals surface area contributed by atoms with Crippen molar-refractivity contribution in [2.75, 3.05) is 11.9 Å². The number of carboxylic acid groups (broad SMARTS) is 1. The summed E-state index contributed by atoms with van der Waals surface area (Å²) in [5.74, 6) is 0.0497. The fraction of sp³-hybridized carbons (Fsp3) is 0.500. The molecule has 1 heterocycles. The summed E-state index contributed by atoms with van der Waals surface area (Å²) < 4.78 is 0. The summed E-state index contributed by atoms with van der Waals surface area (Å²) in [6, 6.07) is 0. The van der Waals surface area contributed by atoms with Crippen LogP contribution in [0.25, 0.3) is 0 Å². The minimum atomic E-state index is -0.761. The third kappa shape index (κ3) is 4.39. The molecule has 2 N–H and O–H groups in total. The van der Waals surface area contributed by atoms with E-state index in [2.05, 4.69) is 15.3 Å². The molecule has 0 amide bonds. The summed E-state index contributed by atoms with van der Waals surface area (Å²) in [5, 5.41) is 11.7. The molecule has 0 spiro atoms. The highest BCUT2D eigenvalue weighted by Gasteiger charge is 2.10. The SMILES string of the molecule is CCC(CNc1cnccn1)CC(=O)O. The molecular formula is C10H15N3O2. The summed E-state index contributed by atoms with van der Waals surface area (Å²) in [4.78, 5) is 18.5. The van der Waals surface area contributed by atoms with E-state index in [9.17, 15) is 4.79 Å². The Bertz CT molecular complexity index is 303. The first-order valence-electron chi connectivity index (χ1n) is 4.94. The molecular weight excluding hydrogens is 194 g/mol. The van der Waals surface area contributed by atoms with Crippen LogP contribution in [-0.4, -0.2) is 27.6 Å². The van der Waals surface area contributed by atoms with E-state index in [1.807, 2.05) is 6.92 Å². The molecule has 82 valence electrons. The number of aliphatic carboxylic acids is 1. The van der Waals surface area contributed by atoms with Gasteiger partial charge in [-0.2, -0.15) is 0 Å². The number of hydrogen-bond donors (Lipinski definition) is 2. The molecule has 0 fully saturated rings. The molecule has 1 unspecified atom stereocenters. The number of carboxylic acids is 1. The number of nitrogens with zero attached hydrogens (tertiary/aromatic N) is 2. The lowest BCUT2D eigenvalue weighted by Crippen LogP contribution is -2.17. The van der Waals surface area contributed by atoms with Crippen molar-refractivity contribution in [3.8, 4) is 0 Å². The van der Waals surface area contributed by atoms with Crippen molar-refractivity contribution < 1.29 is 9.90 Å². The predicted molar refractivity (Wildman–Crippen MR) is 56.6 cm³/mol. The minimum Gasteiger partial charge on any atom is -0.481 e. The number of nitrogens with one attached hydrogen (secondary N) is 1. The first-order valence-corrected chi connectivity index (χ1v) is 4.94. The molecule has 0 bridgehead atoms. The van der Waals surface area contributed by atoms with Gasteiger partial charge in [-0.15, -0.1) is 0 Å². The third-order valence-corrected chi connectivity index (χ3v) is 2.18. The average Bonchev–Trinajstić information content (AvgIpc) is 2.25. The molecule has 0 aromatic carbocycles. The summed E-state index contributed by atoms with van der Waals surface area (Å²) in [5.41, 5.74) is 0. The largest absolute Gasteiger partial charge is 0.481 e. The fourth-order valence-electron chi connectivity index (χ4n) is 1.25. The summed E-state index contributed by atoms with van der Waals surface area (Å²) in [6.07, 6.45) is 5.83. The number of aromatic nitrogens is 2. The van der Waals surface area contributed by atoms with Crippen molar-refractivity contribution in [3.63, 3.8) is 0 Å². The van der Waals surface area contributed by atoms with Crippen LogP contribution < -0.4 is 5.32 Å². The molecule has 1 aromatic rings. The number of carbonyl (C=O) groups is 1.